The first-order valence-corrected chi connectivity index (χ1v) is 8.39. The fourth-order valence-corrected chi connectivity index (χ4v) is 2.93. The highest BCUT2D eigenvalue weighted by Crippen LogP contribution is 2.23. The van der Waals surface area contributed by atoms with Gasteiger partial charge in [-0.3, -0.25) is 4.79 Å². The summed E-state index contributed by atoms with van der Waals surface area (Å²) in [6, 6.07) is 5.33. The van der Waals surface area contributed by atoms with E-state index in [4.69, 9.17) is 16.7 Å². The van der Waals surface area contributed by atoms with Crippen LogP contribution >= 0.6 is 0 Å². The minimum atomic E-state index is -0.692. The van der Waals surface area contributed by atoms with Crippen LogP contribution in [0.25, 0.3) is 0 Å². The lowest BCUT2D eigenvalue weighted by Crippen LogP contribution is -2.42. The van der Waals surface area contributed by atoms with Crippen molar-refractivity contribution < 1.29 is 4.79 Å². The molecule has 1 amide bonds. The summed E-state index contributed by atoms with van der Waals surface area (Å²) in [6.45, 7) is 0. The summed E-state index contributed by atoms with van der Waals surface area (Å²) < 4.78 is 0. The Morgan fingerprint density at radius 2 is 2.04 bits per heavy atom. The Morgan fingerprint density at radius 1 is 1.23 bits per heavy atom. The highest BCUT2D eigenvalue weighted by atomic mass is 16.1. The normalized spacial score (nSPS) is 19.4. The van der Waals surface area contributed by atoms with E-state index in [1.165, 1.54) is 12.4 Å². The quantitative estimate of drug-likeness (QED) is 0.626. The maximum Gasteiger partial charge on any atom is 0.271 e. The molecule has 0 saturated heterocycles. The molecule has 9 heteroatoms. The fraction of sp³-hybridized carbons (Fsp3) is 0.353. The molecule has 2 aromatic heterocycles. The van der Waals surface area contributed by atoms with Gasteiger partial charge in [-0.25, -0.2) is 15.0 Å². The summed E-state index contributed by atoms with van der Waals surface area (Å²) >= 11 is 0. The van der Waals surface area contributed by atoms with E-state index in [1.54, 1.807) is 12.1 Å². The van der Waals surface area contributed by atoms with Crippen LogP contribution in [-0.4, -0.2) is 32.9 Å². The zero-order chi connectivity index (χ0) is 18.5. The number of carbonyl (C=O) groups excluding carboxylic acids is 1. The third-order valence-corrected chi connectivity index (χ3v) is 4.30. The number of pyridine rings is 1. The lowest BCUT2D eigenvalue weighted by molar-refractivity contribution is 0.0996. The first-order chi connectivity index (χ1) is 12.6. The largest absolute Gasteiger partial charge is 0.364 e. The highest BCUT2D eigenvalue weighted by molar-refractivity contribution is 5.96. The van der Waals surface area contributed by atoms with Crippen LogP contribution in [0.4, 0.5) is 17.3 Å². The number of nitrogens with one attached hydrogen (secondary N) is 2. The second-order valence-corrected chi connectivity index (χ2v) is 6.18. The molecule has 0 aliphatic heterocycles. The number of nitrogens with zero attached hydrogens (tertiary/aromatic N) is 4. The van der Waals surface area contributed by atoms with Crippen LogP contribution in [0.15, 0.2) is 24.5 Å². The molecular formula is C17H20N8O. The number of hydrogen-bond acceptors (Lipinski definition) is 8. The van der Waals surface area contributed by atoms with Crippen LogP contribution in [0.3, 0.4) is 0 Å². The Kier molecular flexibility index (Phi) is 5.24. The highest BCUT2D eigenvalue weighted by Gasteiger charge is 2.22. The first kappa shape index (κ1) is 17.6. The molecule has 134 valence electrons. The number of hydrogen-bond donors (Lipinski definition) is 4. The average Bonchev–Trinajstić information content (AvgIpc) is 2.64. The Hall–Kier alpha value is -3.25. The molecule has 2 atom stereocenters. The number of nitrogens with two attached hydrogens (primary N) is 2. The number of primary amides is 1. The van der Waals surface area contributed by atoms with Gasteiger partial charge >= 0.3 is 0 Å². The summed E-state index contributed by atoms with van der Waals surface area (Å²) in [5, 5.41) is 15.1. The van der Waals surface area contributed by atoms with Crippen LogP contribution in [0.2, 0.25) is 0 Å². The lowest BCUT2D eigenvalue weighted by Gasteiger charge is -2.29. The number of nitriles is 1. The molecule has 0 aromatic carbocycles. The van der Waals surface area contributed by atoms with Gasteiger partial charge in [0.05, 0.1) is 18.1 Å². The van der Waals surface area contributed by atoms with Crippen molar-refractivity contribution in [3.05, 3.63) is 35.9 Å². The molecule has 3 rings (SSSR count). The number of anilines is 3. The zero-order valence-electron chi connectivity index (χ0n) is 14.1. The number of amides is 1. The zero-order valence-corrected chi connectivity index (χ0v) is 14.1. The first-order valence-electron chi connectivity index (χ1n) is 8.39. The number of aromatic nitrogens is 3. The van der Waals surface area contributed by atoms with Crippen LogP contribution in [-0.2, 0) is 0 Å². The van der Waals surface area contributed by atoms with Crippen molar-refractivity contribution in [2.75, 3.05) is 10.6 Å². The van der Waals surface area contributed by atoms with Gasteiger partial charge < -0.3 is 22.1 Å². The number of carbonyl (C=O) groups is 1. The second kappa shape index (κ2) is 7.76. The van der Waals surface area contributed by atoms with Crippen molar-refractivity contribution >= 4 is 23.2 Å². The van der Waals surface area contributed by atoms with Crippen molar-refractivity contribution in [2.24, 2.45) is 11.5 Å². The average molecular weight is 352 g/mol. The van der Waals surface area contributed by atoms with Crippen molar-refractivity contribution in [2.45, 2.75) is 37.8 Å². The fourth-order valence-electron chi connectivity index (χ4n) is 2.93. The molecule has 26 heavy (non-hydrogen) atoms. The molecule has 1 aliphatic rings. The van der Waals surface area contributed by atoms with E-state index in [-0.39, 0.29) is 23.6 Å². The Bertz CT molecular complexity index is 830. The van der Waals surface area contributed by atoms with Crippen molar-refractivity contribution in [1.29, 1.82) is 5.26 Å². The van der Waals surface area contributed by atoms with E-state index in [0.29, 0.717) is 17.2 Å². The maximum absolute atomic E-state index is 11.6. The molecule has 2 heterocycles. The number of rotatable bonds is 5. The van der Waals surface area contributed by atoms with Gasteiger partial charge in [-0.2, -0.15) is 5.26 Å². The summed E-state index contributed by atoms with van der Waals surface area (Å²) in [4.78, 5) is 24.2. The second-order valence-electron chi connectivity index (χ2n) is 6.18. The van der Waals surface area contributed by atoms with Crippen LogP contribution < -0.4 is 22.1 Å². The molecule has 9 nitrogen and oxygen atoms in total. The maximum atomic E-state index is 11.6. The standard InChI is InChI=1S/C17H20N8O/c18-7-10-5-6-11(8-21-10)23-17-15(16(20)26)22-9-14(25-17)24-13-4-2-1-3-12(13)19/h5-6,8-9,12-13H,1-4,19H2,(H2,20,26)(H2,23,24,25)/t12-,13+/m0/s1. The minimum absolute atomic E-state index is 0.0212. The van der Waals surface area contributed by atoms with Gasteiger partial charge in [-0.05, 0) is 25.0 Å². The van der Waals surface area contributed by atoms with Gasteiger partial charge in [0, 0.05) is 12.1 Å². The molecule has 0 spiro atoms. The van der Waals surface area contributed by atoms with E-state index < -0.39 is 5.91 Å². The predicted molar refractivity (Wildman–Crippen MR) is 96.6 cm³/mol. The molecule has 0 radical (unpaired) electrons. The van der Waals surface area contributed by atoms with Crippen molar-refractivity contribution in [1.82, 2.24) is 15.0 Å². The van der Waals surface area contributed by atoms with Gasteiger partial charge in [0.2, 0.25) is 0 Å². The predicted octanol–water partition coefficient (Wildman–Crippen LogP) is 1.27. The van der Waals surface area contributed by atoms with E-state index in [9.17, 15) is 4.79 Å². The summed E-state index contributed by atoms with van der Waals surface area (Å²) in [7, 11) is 0. The SMILES string of the molecule is N#Cc1ccc(Nc2nc(N[C@@H]3CCCC[C@@H]3N)cnc2C(N)=O)cn1. The molecule has 6 N–H and O–H groups in total. The van der Waals surface area contributed by atoms with E-state index >= 15 is 0 Å². The van der Waals surface area contributed by atoms with E-state index in [0.717, 1.165) is 25.7 Å². The Balaban J connectivity index is 1.83. The molecule has 1 fully saturated rings. The Labute approximate surface area is 150 Å². The third-order valence-electron chi connectivity index (χ3n) is 4.30. The molecular weight excluding hydrogens is 332 g/mol. The third kappa shape index (κ3) is 4.04. The van der Waals surface area contributed by atoms with Gasteiger partial charge in [-0.15, -0.1) is 0 Å². The summed E-state index contributed by atoms with van der Waals surface area (Å²) in [5.41, 5.74) is 12.4. The monoisotopic (exact) mass is 352 g/mol. The molecule has 1 aliphatic carbocycles. The van der Waals surface area contributed by atoms with Gasteiger partial charge in [0.15, 0.2) is 11.5 Å². The molecule has 0 unspecified atom stereocenters. The van der Waals surface area contributed by atoms with Crippen LogP contribution in [0.1, 0.15) is 41.9 Å². The summed E-state index contributed by atoms with van der Waals surface area (Å²) in [6.07, 6.45) is 7.12. The molecule has 2 aromatic rings. The van der Waals surface area contributed by atoms with Gasteiger partial charge in [0.25, 0.3) is 5.91 Å². The van der Waals surface area contributed by atoms with Crippen LogP contribution in [0.5, 0.6) is 0 Å². The topological polar surface area (TPSA) is 156 Å². The lowest BCUT2D eigenvalue weighted by atomic mass is 9.91. The van der Waals surface area contributed by atoms with E-state index in [1.807, 2.05) is 6.07 Å². The Morgan fingerprint density at radius 3 is 2.69 bits per heavy atom. The minimum Gasteiger partial charge on any atom is -0.364 e. The van der Waals surface area contributed by atoms with Gasteiger partial charge in [0.1, 0.15) is 17.6 Å². The summed E-state index contributed by atoms with van der Waals surface area (Å²) in [5.74, 6) is 0.0439. The van der Waals surface area contributed by atoms with Crippen molar-refractivity contribution in [3.63, 3.8) is 0 Å². The molecule has 1 saturated carbocycles. The smallest absolute Gasteiger partial charge is 0.271 e. The van der Waals surface area contributed by atoms with Crippen molar-refractivity contribution in [3.8, 4) is 6.07 Å². The van der Waals surface area contributed by atoms with E-state index in [2.05, 4.69) is 25.6 Å². The molecule has 0 bridgehead atoms. The van der Waals surface area contributed by atoms with Crippen LogP contribution in [0, 0.1) is 11.3 Å². The van der Waals surface area contributed by atoms with Gasteiger partial charge in [-0.1, -0.05) is 12.8 Å².